The Kier molecular flexibility index (Phi) is 1.91. The quantitative estimate of drug-likeness (QED) is 0.610. The van der Waals surface area contributed by atoms with Crippen molar-refractivity contribution in [1.82, 2.24) is 0 Å². The number of fused-ring (bicyclic) bond motifs is 2. The highest BCUT2D eigenvalue weighted by atomic mass is 16.3. The van der Waals surface area contributed by atoms with Gasteiger partial charge in [-0.3, -0.25) is 0 Å². The van der Waals surface area contributed by atoms with Gasteiger partial charge in [0.25, 0.3) is 0 Å². The zero-order chi connectivity index (χ0) is 11.0. The monoisotopic (exact) mass is 207 g/mol. The van der Waals surface area contributed by atoms with Gasteiger partial charge in [0, 0.05) is 5.39 Å². The van der Waals surface area contributed by atoms with Crippen LogP contribution in [0, 0.1) is 11.3 Å². The molecule has 2 nitrogen and oxygen atoms in total. The molecule has 0 unspecified atom stereocenters. The van der Waals surface area contributed by atoms with Crippen LogP contribution in [-0.4, -0.2) is 0 Å². The van der Waals surface area contributed by atoms with E-state index in [9.17, 15) is 0 Å². The SMILES string of the molecule is N#CCc1cc2cc3ccccc3cc2o1. The molecule has 3 rings (SSSR count). The predicted molar refractivity (Wildman–Crippen MR) is 63.0 cm³/mol. The molecule has 0 amide bonds. The summed E-state index contributed by atoms with van der Waals surface area (Å²) in [7, 11) is 0. The summed E-state index contributed by atoms with van der Waals surface area (Å²) < 4.78 is 5.59. The number of hydrogen-bond donors (Lipinski definition) is 0. The van der Waals surface area contributed by atoms with E-state index in [1.165, 1.54) is 5.39 Å². The summed E-state index contributed by atoms with van der Waals surface area (Å²) >= 11 is 0. The second-order valence-corrected chi connectivity index (χ2v) is 3.78. The van der Waals surface area contributed by atoms with E-state index < -0.39 is 0 Å². The van der Waals surface area contributed by atoms with Gasteiger partial charge in [0.2, 0.25) is 0 Å². The zero-order valence-electron chi connectivity index (χ0n) is 8.60. The lowest BCUT2D eigenvalue weighted by Crippen LogP contribution is -1.71. The second kappa shape index (κ2) is 3.39. The molecule has 0 spiro atoms. The fourth-order valence-corrected chi connectivity index (χ4v) is 1.95. The van der Waals surface area contributed by atoms with Gasteiger partial charge in [-0.05, 0) is 29.0 Å². The summed E-state index contributed by atoms with van der Waals surface area (Å²) in [5.41, 5.74) is 0.851. The first-order chi connectivity index (χ1) is 7.86. The lowest BCUT2D eigenvalue weighted by molar-refractivity contribution is 0.567. The van der Waals surface area contributed by atoms with Gasteiger partial charge in [-0.15, -0.1) is 0 Å². The minimum atomic E-state index is 0.324. The lowest BCUT2D eigenvalue weighted by atomic mass is 10.1. The normalized spacial score (nSPS) is 10.7. The van der Waals surface area contributed by atoms with Crippen molar-refractivity contribution >= 4 is 21.7 Å². The Hall–Kier alpha value is -2.27. The first-order valence-electron chi connectivity index (χ1n) is 5.15. The van der Waals surface area contributed by atoms with Crippen LogP contribution in [-0.2, 0) is 6.42 Å². The molecule has 0 saturated carbocycles. The van der Waals surface area contributed by atoms with E-state index >= 15 is 0 Å². The van der Waals surface area contributed by atoms with Gasteiger partial charge in [0.1, 0.15) is 11.3 Å². The molecular weight excluding hydrogens is 198 g/mol. The zero-order valence-corrected chi connectivity index (χ0v) is 8.60. The Morgan fingerprint density at radius 3 is 2.50 bits per heavy atom. The summed E-state index contributed by atoms with van der Waals surface area (Å²) in [6.07, 6.45) is 0.324. The van der Waals surface area contributed by atoms with Crippen LogP contribution >= 0.6 is 0 Å². The molecule has 0 radical (unpaired) electrons. The van der Waals surface area contributed by atoms with Crippen molar-refractivity contribution in [3.05, 3.63) is 48.2 Å². The van der Waals surface area contributed by atoms with E-state index in [1.807, 2.05) is 24.3 Å². The van der Waals surface area contributed by atoms with E-state index in [2.05, 4.69) is 24.3 Å². The maximum atomic E-state index is 8.62. The number of benzene rings is 2. The molecule has 0 atom stereocenters. The van der Waals surface area contributed by atoms with Crippen molar-refractivity contribution in [2.24, 2.45) is 0 Å². The molecular formula is C14H9NO. The van der Waals surface area contributed by atoms with Crippen LogP contribution in [0.3, 0.4) is 0 Å². The second-order valence-electron chi connectivity index (χ2n) is 3.78. The van der Waals surface area contributed by atoms with Crippen molar-refractivity contribution in [3.8, 4) is 6.07 Å². The summed E-state index contributed by atoms with van der Waals surface area (Å²) in [4.78, 5) is 0. The molecule has 0 fully saturated rings. The third-order valence-electron chi connectivity index (χ3n) is 2.69. The van der Waals surface area contributed by atoms with Gasteiger partial charge in [0.05, 0.1) is 12.5 Å². The number of hydrogen-bond acceptors (Lipinski definition) is 2. The van der Waals surface area contributed by atoms with E-state index in [4.69, 9.17) is 9.68 Å². The minimum Gasteiger partial charge on any atom is -0.460 e. The number of rotatable bonds is 1. The van der Waals surface area contributed by atoms with Gasteiger partial charge in [0.15, 0.2) is 0 Å². The van der Waals surface area contributed by atoms with E-state index in [-0.39, 0.29) is 0 Å². The Balaban J connectivity index is 2.30. The average Bonchev–Trinajstić information content (AvgIpc) is 2.67. The first kappa shape index (κ1) is 8.99. The lowest BCUT2D eigenvalue weighted by Gasteiger charge is -1.95. The molecule has 1 heterocycles. The first-order valence-corrected chi connectivity index (χ1v) is 5.15. The highest BCUT2D eigenvalue weighted by Crippen LogP contribution is 2.25. The van der Waals surface area contributed by atoms with Crippen LogP contribution in [0.25, 0.3) is 21.7 Å². The average molecular weight is 207 g/mol. The molecule has 2 heteroatoms. The van der Waals surface area contributed by atoms with Gasteiger partial charge < -0.3 is 4.42 Å². The van der Waals surface area contributed by atoms with Crippen molar-refractivity contribution in [1.29, 1.82) is 5.26 Å². The minimum absolute atomic E-state index is 0.324. The molecule has 0 aliphatic heterocycles. The fourth-order valence-electron chi connectivity index (χ4n) is 1.95. The van der Waals surface area contributed by atoms with Crippen LogP contribution in [0.2, 0.25) is 0 Å². The van der Waals surface area contributed by atoms with Crippen molar-refractivity contribution in [2.75, 3.05) is 0 Å². The maximum absolute atomic E-state index is 8.62. The third-order valence-corrected chi connectivity index (χ3v) is 2.69. The Morgan fingerprint density at radius 1 is 1.00 bits per heavy atom. The highest BCUT2D eigenvalue weighted by molar-refractivity contribution is 5.96. The molecule has 3 aromatic rings. The molecule has 0 bridgehead atoms. The smallest absolute Gasteiger partial charge is 0.134 e. The van der Waals surface area contributed by atoms with Crippen LogP contribution in [0.5, 0.6) is 0 Å². The summed E-state index contributed by atoms with van der Waals surface area (Å²) in [6.45, 7) is 0. The molecule has 1 aromatic heterocycles. The Morgan fingerprint density at radius 2 is 1.75 bits per heavy atom. The third kappa shape index (κ3) is 1.34. The maximum Gasteiger partial charge on any atom is 0.134 e. The number of furan rings is 1. The topological polar surface area (TPSA) is 36.9 Å². The van der Waals surface area contributed by atoms with Crippen molar-refractivity contribution < 1.29 is 4.42 Å². The predicted octanol–water partition coefficient (Wildman–Crippen LogP) is 3.65. The van der Waals surface area contributed by atoms with Crippen LogP contribution in [0.15, 0.2) is 46.9 Å². The van der Waals surface area contributed by atoms with Crippen molar-refractivity contribution in [3.63, 3.8) is 0 Å². The molecule has 0 saturated heterocycles. The Bertz CT molecular complexity index is 651. The van der Waals surface area contributed by atoms with E-state index in [0.717, 1.165) is 22.1 Å². The molecule has 16 heavy (non-hydrogen) atoms. The van der Waals surface area contributed by atoms with Crippen LogP contribution in [0.1, 0.15) is 5.76 Å². The van der Waals surface area contributed by atoms with Crippen LogP contribution < -0.4 is 0 Å². The van der Waals surface area contributed by atoms with Gasteiger partial charge in [-0.25, -0.2) is 0 Å². The summed E-state index contributed by atoms with van der Waals surface area (Å²) in [5, 5.41) is 12.0. The van der Waals surface area contributed by atoms with Gasteiger partial charge in [-0.1, -0.05) is 24.3 Å². The number of nitrogens with zero attached hydrogens (tertiary/aromatic N) is 1. The molecule has 2 aromatic carbocycles. The molecule has 0 N–H and O–H groups in total. The summed E-state index contributed by atoms with van der Waals surface area (Å²) in [5.74, 6) is 0.729. The highest BCUT2D eigenvalue weighted by Gasteiger charge is 2.04. The van der Waals surface area contributed by atoms with Gasteiger partial charge >= 0.3 is 0 Å². The van der Waals surface area contributed by atoms with Crippen LogP contribution in [0.4, 0.5) is 0 Å². The van der Waals surface area contributed by atoms with E-state index in [1.54, 1.807) is 0 Å². The number of nitriles is 1. The van der Waals surface area contributed by atoms with Crippen molar-refractivity contribution in [2.45, 2.75) is 6.42 Å². The molecule has 0 aliphatic rings. The largest absolute Gasteiger partial charge is 0.460 e. The van der Waals surface area contributed by atoms with E-state index in [0.29, 0.717) is 6.42 Å². The molecule has 0 aliphatic carbocycles. The Labute approximate surface area is 92.7 Å². The van der Waals surface area contributed by atoms with Gasteiger partial charge in [-0.2, -0.15) is 5.26 Å². The molecule has 76 valence electrons. The standard InChI is InChI=1S/C14H9NO/c15-6-5-13-8-12-7-10-3-1-2-4-11(10)9-14(12)16-13/h1-4,7-9H,5H2. The summed E-state index contributed by atoms with van der Waals surface area (Å²) in [6, 6.07) is 16.3. The fraction of sp³-hybridized carbons (Fsp3) is 0.0714.